The van der Waals surface area contributed by atoms with Gasteiger partial charge in [-0.1, -0.05) is 36.4 Å². The Hall–Kier alpha value is -2.23. The summed E-state index contributed by atoms with van der Waals surface area (Å²) in [7, 11) is -0.417. The van der Waals surface area contributed by atoms with E-state index in [-0.39, 0.29) is 23.8 Å². The van der Waals surface area contributed by atoms with E-state index < -0.39 is 10.0 Å². The minimum absolute atomic E-state index is 0.0877. The van der Waals surface area contributed by atoms with Crippen LogP contribution < -0.4 is 5.32 Å². The highest BCUT2D eigenvalue weighted by atomic mass is 79.9. The predicted octanol–water partition coefficient (Wildman–Crippen LogP) is 2.51. The predicted molar refractivity (Wildman–Crippen MR) is 126 cm³/mol. The molecule has 166 valence electrons. The van der Waals surface area contributed by atoms with Crippen LogP contribution in [-0.2, 0) is 21.2 Å². The van der Waals surface area contributed by atoms with Crippen molar-refractivity contribution in [1.82, 2.24) is 14.5 Å². The van der Waals surface area contributed by atoms with Gasteiger partial charge in [0, 0.05) is 50.2 Å². The first-order valence-corrected chi connectivity index (χ1v) is 12.3. The van der Waals surface area contributed by atoms with Crippen molar-refractivity contribution in [2.75, 3.05) is 40.3 Å². The topological polar surface area (TPSA) is 82.1 Å². The molecule has 0 aromatic heterocycles. The van der Waals surface area contributed by atoms with Crippen LogP contribution in [0.1, 0.15) is 17.5 Å². The van der Waals surface area contributed by atoms with Gasteiger partial charge in [-0.15, -0.1) is 0 Å². The largest absolute Gasteiger partial charge is 0.368 e. The van der Waals surface area contributed by atoms with E-state index >= 15 is 0 Å². The van der Waals surface area contributed by atoms with Crippen LogP contribution in [0.25, 0.3) is 0 Å². The Kier molecular flexibility index (Phi) is 7.85. The summed E-state index contributed by atoms with van der Waals surface area (Å²) in [6.07, 6.45) is 0.856. The summed E-state index contributed by atoms with van der Waals surface area (Å²) in [6.45, 7) is 2.38. The maximum atomic E-state index is 12.7. The third-order valence-corrected chi connectivity index (χ3v) is 8.10. The van der Waals surface area contributed by atoms with Crippen LogP contribution in [-0.4, -0.2) is 69.6 Å². The molecule has 0 fully saturated rings. The maximum absolute atomic E-state index is 12.7. The number of carbonyl (C=O) groups is 1. The molecule has 1 N–H and O–H groups in total. The fraction of sp³-hybridized carbons (Fsp3) is 0.364. The van der Waals surface area contributed by atoms with Gasteiger partial charge in [-0.25, -0.2) is 12.7 Å². The maximum Gasteiger partial charge on any atom is 0.243 e. The van der Waals surface area contributed by atoms with E-state index in [4.69, 9.17) is 0 Å². The van der Waals surface area contributed by atoms with Crippen LogP contribution >= 0.6 is 15.9 Å². The van der Waals surface area contributed by atoms with Crippen molar-refractivity contribution >= 4 is 37.7 Å². The highest BCUT2D eigenvalue weighted by molar-refractivity contribution is 9.10. The molecular weight excluding hydrogens is 480 g/mol. The molecule has 9 heteroatoms. The fourth-order valence-corrected chi connectivity index (χ4v) is 5.36. The lowest BCUT2D eigenvalue weighted by Gasteiger charge is -2.21. The molecule has 2 aromatic rings. The monoisotopic (exact) mass is 506 g/mol. The quantitative estimate of drug-likeness (QED) is 0.566. The van der Waals surface area contributed by atoms with E-state index in [9.17, 15) is 13.2 Å². The van der Waals surface area contributed by atoms with Gasteiger partial charge in [0.15, 0.2) is 0 Å². The zero-order valence-electron chi connectivity index (χ0n) is 17.7. The second-order valence-corrected chi connectivity index (χ2v) is 10.3. The minimum Gasteiger partial charge on any atom is -0.368 e. The summed E-state index contributed by atoms with van der Waals surface area (Å²) in [5, 5.41) is 3.25. The molecule has 7 nitrogen and oxygen atoms in total. The number of nitrogens with zero attached hydrogens (tertiary/aromatic N) is 3. The highest BCUT2D eigenvalue weighted by Gasteiger charge is 2.24. The van der Waals surface area contributed by atoms with Gasteiger partial charge < -0.3 is 10.2 Å². The standard InChI is InChI=1S/C22H27BrN4O3S/c1-26(15-11-17-7-9-18(10-8-17)22-24-13-14-25-22)21(28)12-16-27(2)31(29,30)20-6-4-3-5-19(20)23/h3-10H,11-16H2,1-2H3,(H,24,25). The average molecular weight is 507 g/mol. The molecule has 0 saturated heterocycles. The molecule has 0 saturated carbocycles. The van der Waals surface area contributed by atoms with Gasteiger partial charge in [0.1, 0.15) is 5.84 Å². The molecule has 2 aromatic carbocycles. The molecule has 0 radical (unpaired) electrons. The summed E-state index contributed by atoms with van der Waals surface area (Å²) >= 11 is 3.28. The molecule has 0 atom stereocenters. The lowest BCUT2D eigenvalue weighted by Crippen LogP contribution is -2.34. The second-order valence-electron chi connectivity index (χ2n) is 7.43. The number of amides is 1. The minimum atomic E-state index is -3.66. The summed E-state index contributed by atoms with van der Waals surface area (Å²) < 4.78 is 27.2. The van der Waals surface area contributed by atoms with Crippen LogP contribution in [0.5, 0.6) is 0 Å². The average Bonchev–Trinajstić information content (AvgIpc) is 3.31. The third-order valence-electron chi connectivity index (χ3n) is 5.23. The Bertz CT molecular complexity index is 1050. The second kappa shape index (κ2) is 10.4. The molecule has 1 aliphatic heterocycles. The van der Waals surface area contributed by atoms with Gasteiger partial charge in [-0.05, 0) is 40.0 Å². The summed E-state index contributed by atoms with van der Waals surface area (Å²) in [4.78, 5) is 18.8. The van der Waals surface area contributed by atoms with E-state index in [0.717, 1.165) is 36.5 Å². The van der Waals surface area contributed by atoms with E-state index in [1.165, 1.54) is 11.4 Å². The first-order chi connectivity index (χ1) is 14.8. The van der Waals surface area contributed by atoms with Crippen LogP contribution in [0.4, 0.5) is 0 Å². The molecule has 0 unspecified atom stereocenters. The van der Waals surface area contributed by atoms with Crippen molar-refractivity contribution in [2.24, 2.45) is 4.99 Å². The van der Waals surface area contributed by atoms with Crippen LogP contribution in [0, 0.1) is 0 Å². The molecule has 1 amide bonds. The van der Waals surface area contributed by atoms with Crippen molar-refractivity contribution in [1.29, 1.82) is 0 Å². The number of carbonyl (C=O) groups excluding carboxylic acids is 1. The van der Waals surface area contributed by atoms with Crippen molar-refractivity contribution in [3.63, 3.8) is 0 Å². The Morgan fingerprint density at radius 2 is 1.81 bits per heavy atom. The van der Waals surface area contributed by atoms with Crippen molar-refractivity contribution < 1.29 is 13.2 Å². The van der Waals surface area contributed by atoms with Crippen molar-refractivity contribution in [3.8, 4) is 0 Å². The number of amidine groups is 1. The number of benzene rings is 2. The first kappa shape index (κ1) is 23.4. The lowest BCUT2D eigenvalue weighted by atomic mass is 10.1. The first-order valence-electron chi connectivity index (χ1n) is 10.1. The smallest absolute Gasteiger partial charge is 0.243 e. The number of hydrogen-bond donors (Lipinski definition) is 1. The number of halogens is 1. The van der Waals surface area contributed by atoms with Crippen molar-refractivity contribution in [2.45, 2.75) is 17.7 Å². The molecule has 1 aliphatic rings. The third kappa shape index (κ3) is 5.93. The molecule has 3 rings (SSSR count). The van der Waals surface area contributed by atoms with E-state index in [2.05, 4.69) is 26.2 Å². The number of nitrogens with one attached hydrogen (secondary N) is 1. The SMILES string of the molecule is CN(CCc1ccc(C2=NCCN2)cc1)C(=O)CCN(C)S(=O)(=O)c1ccccc1Br. The molecular formula is C22H27BrN4O3S. The van der Waals surface area contributed by atoms with Gasteiger partial charge in [0.2, 0.25) is 15.9 Å². The van der Waals surface area contributed by atoms with Gasteiger partial charge in [-0.3, -0.25) is 9.79 Å². The normalized spacial score (nSPS) is 13.7. The zero-order valence-corrected chi connectivity index (χ0v) is 20.1. The Balaban J connectivity index is 1.48. The molecule has 0 spiro atoms. The Morgan fingerprint density at radius 1 is 1.10 bits per heavy atom. The van der Waals surface area contributed by atoms with Crippen LogP contribution in [0.15, 0.2) is 62.9 Å². The molecule has 0 bridgehead atoms. The lowest BCUT2D eigenvalue weighted by molar-refractivity contribution is -0.129. The van der Waals surface area contributed by atoms with Crippen LogP contribution in [0.3, 0.4) is 0 Å². The van der Waals surface area contributed by atoms with Gasteiger partial charge >= 0.3 is 0 Å². The molecule has 31 heavy (non-hydrogen) atoms. The highest BCUT2D eigenvalue weighted by Crippen LogP contribution is 2.24. The number of likely N-dealkylation sites (N-methyl/N-ethyl adjacent to an activating group) is 1. The van der Waals surface area contributed by atoms with E-state index in [1.54, 1.807) is 36.2 Å². The number of rotatable bonds is 9. The van der Waals surface area contributed by atoms with Gasteiger partial charge in [0.25, 0.3) is 0 Å². The molecule has 0 aliphatic carbocycles. The van der Waals surface area contributed by atoms with E-state index in [0.29, 0.717) is 11.0 Å². The zero-order chi connectivity index (χ0) is 22.4. The number of aliphatic imine (C=N–C) groups is 1. The summed E-state index contributed by atoms with van der Waals surface area (Å²) in [6, 6.07) is 14.8. The Morgan fingerprint density at radius 3 is 2.45 bits per heavy atom. The van der Waals surface area contributed by atoms with Crippen molar-refractivity contribution in [3.05, 3.63) is 64.1 Å². The molecule has 1 heterocycles. The fourth-order valence-electron chi connectivity index (χ4n) is 3.23. The summed E-state index contributed by atoms with van der Waals surface area (Å²) in [5.74, 6) is 0.843. The van der Waals surface area contributed by atoms with Gasteiger partial charge in [0.05, 0.1) is 11.4 Å². The van der Waals surface area contributed by atoms with Gasteiger partial charge in [-0.2, -0.15) is 0 Å². The Labute approximate surface area is 192 Å². The summed E-state index contributed by atoms with van der Waals surface area (Å²) in [5.41, 5.74) is 2.20. The van der Waals surface area contributed by atoms with E-state index in [1.807, 2.05) is 24.3 Å². The number of hydrogen-bond acceptors (Lipinski definition) is 5. The van der Waals surface area contributed by atoms with Crippen LogP contribution in [0.2, 0.25) is 0 Å². The number of sulfonamides is 1.